The summed E-state index contributed by atoms with van der Waals surface area (Å²) in [4.78, 5) is 21.8. The van der Waals surface area contributed by atoms with Crippen LogP contribution in [-0.2, 0) is 4.79 Å². The lowest BCUT2D eigenvalue weighted by atomic mass is 10.1. The highest BCUT2D eigenvalue weighted by Crippen LogP contribution is 2.23. The molecule has 1 unspecified atom stereocenters. The van der Waals surface area contributed by atoms with Crippen molar-refractivity contribution >= 4 is 11.9 Å². The van der Waals surface area contributed by atoms with E-state index in [1.165, 1.54) is 0 Å². The van der Waals surface area contributed by atoms with Crippen molar-refractivity contribution < 1.29 is 14.6 Å². The lowest BCUT2D eigenvalue weighted by Gasteiger charge is -2.27. The Kier molecular flexibility index (Phi) is 4.76. The van der Waals surface area contributed by atoms with Crippen molar-refractivity contribution in [3.8, 4) is 5.88 Å². The van der Waals surface area contributed by atoms with Gasteiger partial charge in [0, 0.05) is 18.8 Å². The first-order valence-electron chi connectivity index (χ1n) is 7.07. The molecule has 0 aromatic carbocycles. The van der Waals surface area contributed by atoms with Gasteiger partial charge in [-0.05, 0) is 26.7 Å². The van der Waals surface area contributed by atoms with Crippen molar-refractivity contribution in [1.29, 1.82) is 0 Å². The number of ether oxygens (including phenoxy) is 1. The first-order chi connectivity index (χ1) is 9.58. The Labute approximate surface area is 118 Å². The van der Waals surface area contributed by atoms with Crippen LogP contribution >= 0.6 is 0 Å². The van der Waals surface area contributed by atoms with Crippen LogP contribution in [0.15, 0.2) is 12.3 Å². The van der Waals surface area contributed by atoms with E-state index < -0.39 is 12.0 Å². The van der Waals surface area contributed by atoms with E-state index >= 15 is 0 Å². The highest BCUT2D eigenvalue weighted by atomic mass is 16.5. The predicted octanol–water partition coefficient (Wildman–Crippen LogP) is 2.10. The molecule has 2 heterocycles. The second-order valence-corrected chi connectivity index (χ2v) is 5.26. The van der Waals surface area contributed by atoms with Crippen LogP contribution in [0.5, 0.6) is 5.88 Å². The molecule has 1 aliphatic rings. The molecule has 0 aliphatic carbocycles. The molecule has 0 bridgehead atoms. The van der Waals surface area contributed by atoms with Crippen LogP contribution in [0.1, 0.15) is 39.5 Å². The summed E-state index contributed by atoms with van der Waals surface area (Å²) in [5.41, 5.74) is 0. The first-order valence-corrected chi connectivity index (χ1v) is 7.07. The van der Waals surface area contributed by atoms with E-state index in [0.717, 1.165) is 19.3 Å². The molecule has 6 heteroatoms. The molecule has 0 saturated carbocycles. The van der Waals surface area contributed by atoms with Gasteiger partial charge in [-0.25, -0.2) is 9.78 Å². The summed E-state index contributed by atoms with van der Waals surface area (Å²) >= 11 is 0. The predicted molar refractivity (Wildman–Crippen MR) is 75.0 cm³/mol. The van der Waals surface area contributed by atoms with Gasteiger partial charge in [0.1, 0.15) is 6.04 Å². The normalized spacial score (nSPS) is 19.8. The zero-order chi connectivity index (χ0) is 14.5. The van der Waals surface area contributed by atoms with Crippen LogP contribution in [0.2, 0.25) is 0 Å². The van der Waals surface area contributed by atoms with Gasteiger partial charge in [0.2, 0.25) is 11.8 Å². The molecule has 1 aromatic heterocycles. The average Bonchev–Trinajstić information content (AvgIpc) is 2.63. The maximum absolute atomic E-state index is 11.4. The Morgan fingerprint density at radius 2 is 2.25 bits per heavy atom. The number of aromatic nitrogens is 2. The van der Waals surface area contributed by atoms with Crippen LogP contribution in [-0.4, -0.2) is 39.7 Å². The van der Waals surface area contributed by atoms with E-state index in [-0.39, 0.29) is 6.10 Å². The summed E-state index contributed by atoms with van der Waals surface area (Å²) in [6.45, 7) is 4.52. The third-order valence-corrected chi connectivity index (χ3v) is 3.27. The maximum atomic E-state index is 11.4. The number of aliphatic carboxylic acids is 1. The van der Waals surface area contributed by atoms with Gasteiger partial charge < -0.3 is 14.7 Å². The smallest absolute Gasteiger partial charge is 0.326 e. The minimum atomic E-state index is -0.814. The van der Waals surface area contributed by atoms with Crippen molar-refractivity contribution in [2.24, 2.45) is 0 Å². The molecule has 110 valence electrons. The Balaban J connectivity index is 2.24. The molecule has 1 fully saturated rings. The summed E-state index contributed by atoms with van der Waals surface area (Å²) in [6.07, 6.45) is 5.20. The lowest BCUT2D eigenvalue weighted by molar-refractivity contribution is -0.138. The molecule has 6 nitrogen and oxygen atoms in total. The molecule has 1 N–H and O–H groups in total. The van der Waals surface area contributed by atoms with Gasteiger partial charge >= 0.3 is 5.97 Å². The topological polar surface area (TPSA) is 75.5 Å². The summed E-state index contributed by atoms with van der Waals surface area (Å²) < 4.78 is 5.55. The summed E-state index contributed by atoms with van der Waals surface area (Å²) in [5.74, 6) is 0.113. The summed E-state index contributed by atoms with van der Waals surface area (Å²) in [6, 6.07) is 1.14. The second kappa shape index (κ2) is 6.54. The molecular formula is C14H21N3O3. The summed E-state index contributed by atoms with van der Waals surface area (Å²) in [5, 5.41) is 9.38. The quantitative estimate of drug-likeness (QED) is 0.909. The Morgan fingerprint density at radius 1 is 1.45 bits per heavy atom. The van der Waals surface area contributed by atoms with Gasteiger partial charge in [0.05, 0.1) is 6.10 Å². The number of nitrogens with zero attached hydrogens (tertiary/aromatic N) is 3. The molecule has 0 radical (unpaired) electrons. The fourth-order valence-electron chi connectivity index (χ4n) is 2.38. The maximum Gasteiger partial charge on any atom is 0.326 e. The van der Waals surface area contributed by atoms with E-state index in [9.17, 15) is 9.90 Å². The molecule has 1 atom stereocenters. The number of carboxylic acids is 1. The van der Waals surface area contributed by atoms with Gasteiger partial charge in [-0.1, -0.05) is 12.8 Å². The molecule has 0 spiro atoms. The monoisotopic (exact) mass is 279 g/mol. The number of carbonyl (C=O) groups is 1. The first kappa shape index (κ1) is 14.6. The zero-order valence-corrected chi connectivity index (χ0v) is 12.0. The van der Waals surface area contributed by atoms with Crippen molar-refractivity contribution in [1.82, 2.24) is 9.97 Å². The van der Waals surface area contributed by atoms with Gasteiger partial charge in [-0.3, -0.25) is 0 Å². The van der Waals surface area contributed by atoms with Crippen LogP contribution in [0.25, 0.3) is 0 Å². The molecule has 0 amide bonds. The van der Waals surface area contributed by atoms with E-state index in [0.29, 0.717) is 24.8 Å². The fraction of sp³-hybridized carbons (Fsp3) is 0.643. The van der Waals surface area contributed by atoms with Crippen molar-refractivity contribution in [2.75, 3.05) is 11.4 Å². The standard InChI is InChI=1S/C14H21N3O3/c1-10(2)20-12-7-8-15-14(16-12)17-9-5-3-4-6-11(17)13(18)19/h7-8,10-11H,3-6,9H2,1-2H3,(H,18,19). The summed E-state index contributed by atoms with van der Waals surface area (Å²) in [7, 11) is 0. The molecule has 2 rings (SSSR count). The van der Waals surface area contributed by atoms with Gasteiger partial charge in [0.25, 0.3) is 0 Å². The van der Waals surface area contributed by atoms with E-state index in [2.05, 4.69) is 9.97 Å². The number of hydrogen-bond donors (Lipinski definition) is 1. The molecule has 1 aliphatic heterocycles. The Hall–Kier alpha value is -1.85. The number of carboxylic acid groups (broad SMARTS) is 1. The number of anilines is 1. The van der Waals surface area contributed by atoms with Gasteiger partial charge in [0.15, 0.2) is 0 Å². The molecule has 20 heavy (non-hydrogen) atoms. The van der Waals surface area contributed by atoms with Crippen LogP contribution in [0.4, 0.5) is 5.95 Å². The van der Waals surface area contributed by atoms with Gasteiger partial charge in [-0.2, -0.15) is 4.98 Å². The minimum Gasteiger partial charge on any atom is -0.480 e. The number of rotatable bonds is 4. The molecular weight excluding hydrogens is 258 g/mol. The Bertz CT molecular complexity index is 465. The SMILES string of the molecule is CC(C)Oc1ccnc(N2CCCCCC2C(=O)O)n1. The number of hydrogen-bond acceptors (Lipinski definition) is 5. The van der Waals surface area contributed by atoms with Crippen molar-refractivity contribution in [2.45, 2.75) is 51.7 Å². The van der Waals surface area contributed by atoms with E-state index in [4.69, 9.17) is 4.74 Å². The fourth-order valence-corrected chi connectivity index (χ4v) is 2.38. The van der Waals surface area contributed by atoms with Gasteiger partial charge in [-0.15, -0.1) is 0 Å². The second-order valence-electron chi connectivity index (χ2n) is 5.26. The van der Waals surface area contributed by atoms with Crippen molar-refractivity contribution in [3.05, 3.63) is 12.3 Å². The molecule has 1 saturated heterocycles. The van der Waals surface area contributed by atoms with Crippen LogP contribution < -0.4 is 9.64 Å². The van der Waals surface area contributed by atoms with E-state index in [1.54, 1.807) is 17.2 Å². The lowest BCUT2D eigenvalue weighted by Crippen LogP contribution is -2.41. The largest absolute Gasteiger partial charge is 0.480 e. The zero-order valence-electron chi connectivity index (χ0n) is 12.0. The van der Waals surface area contributed by atoms with Crippen LogP contribution in [0, 0.1) is 0 Å². The van der Waals surface area contributed by atoms with Crippen LogP contribution in [0.3, 0.4) is 0 Å². The Morgan fingerprint density at radius 3 is 2.95 bits per heavy atom. The average molecular weight is 279 g/mol. The third-order valence-electron chi connectivity index (χ3n) is 3.27. The highest BCUT2D eigenvalue weighted by molar-refractivity contribution is 5.77. The van der Waals surface area contributed by atoms with Crippen molar-refractivity contribution in [3.63, 3.8) is 0 Å². The molecule has 1 aromatic rings. The highest BCUT2D eigenvalue weighted by Gasteiger charge is 2.29. The minimum absolute atomic E-state index is 0.0251. The van der Waals surface area contributed by atoms with E-state index in [1.807, 2.05) is 13.8 Å². The third kappa shape index (κ3) is 3.59.